The van der Waals surface area contributed by atoms with Crippen molar-refractivity contribution >= 4 is 35.0 Å². The summed E-state index contributed by atoms with van der Waals surface area (Å²) in [6.07, 6.45) is 1.34. The van der Waals surface area contributed by atoms with E-state index in [0.29, 0.717) is 22.2 Å². The number of hydrogen-bond acceptors (Lipinski definition) is 4. The van der Waals surface area contributed by atoms with Gasteiger partial charge in [-0.25, -0.2) is 4.79 Å². The quantitative estimate of drug-likeness (QED) is 0.670. The maximum absolute atomic E-state index is 11.1. The Bertz CT molecular complexity index is 607. The third-order valence-corrected chi connectivity index (χ3v) is 4.23. The SMILES string of the molecule is Cn1ncc(C(=O)O)c1CSc1c(N)cccc1Cl. The van der Waals surface area contributed by atoms with E-state index in [1.165, 1.54) is 18.0 Å². The summed E-state index contributed by atoms with van der Waals surface area (Å²) in [5.74, 6) is -0.553. The highest BCUT2D eigenvalue weighted by Crippen LogP contribution is 2.34. The number of hydrogen-bond donors (Lipinski definition) is 2. The van der Waals surface area contributed by atoms with Crippen molar-refractivity contribution in [2.45, 2.75) is 10.6 Å². The van der Waals surface area contributed by atoms with Gasteiger partial charge < -0.3 is 10.8 Å². The molecule has 19 heavy (non-hydrogen) atoms. The lowest BCUT2D eigenvalue weighted by atomic mass is 10.3. The molecule has 2 aromatic rings. The van der Waals surface area contributed by atoms with Crippen LogP contribution in [0.15, 0.2) is 29.3 Å². The Balaban J connectivity index is 2.24. The fourth-order valence-electron chi connectivity index (χ4n) is 1.63. The molecule has 1 heterocycles. The Hall–Kier alpha value is -1.66. The van der Waals surface area contributed by atoms with E-state index in [0.717, 1.165) is 4.90 Å². The molecule has 1 aromatic carbocycles. The smallest absolute Gasteiger partial charge is 0.339 e. The first-order valence-electron chi connectivity index (χ1n) is 5.41. The molecular weight excluding hydrogens is 286 g/mol. The first-order chi connectivity index (χ1) is 9.00. The molecule has 7 heteroatoms. The van der Waals surface area contributed by atoms with Crippen LogP contribution in [0.3, 0.4) is 0 Å². The number of nitrogens with zero attached hydrogens (tertiary/aromatic N) is 2. The van der Waals surface area contributed by atoms with Gasteiger partial charge in [-0.1, -0.05) is 17.7 Å². The number of halogens is 1. The number of thioether (sulfide) groups is 1. The molecule has 0 saturated heterocycles. The van der Waals surface area contributed by atoms with Crippen molar-refractivity contribution in [2.24, 2.45) is 7.05 Å². The van der Waals surface area contributed by atoms with Crippen LogP contribution in [-0.4, -0.2) is 20.9 Å². The number of aromatic nitrogens is 2. The van der Waals surface area contributed by atoms with Gasteiger partial charge in [0.25, 0.3) is 0 Å². The van der Waals surface area contributed by atoms with Crippen LogP contribution >= 0.6 is 23.4 Å². The van der Waals surface area contributed by atoms with Gasteiger partial charge in [0.1, 0.15) is 5.56 Å². The minimum Gasteiger partial charge on any atom is -0.478 e. The minimum atomic E-state index is -0.990. The molecule has 3 N–H and O–H groups in total. The molecule has 0 fully saturated rings. The molecule has 0 unspecified atom stereocenters. The standard InChI is InChI=1S/C12H12ClN3O2S/c1-16-10(7(5-15-16)12(17)18)6-19-11-8(13)3-2-4-9(11)14/h2-5H,6,14H2,1H3,(H,17,18). The third kappa shape index (κ3) is 2.85. The molecule has 0 aliphatic carbocycles. The summed E-state index contributed by atoms with van der Waals surface area (Å²) in [5, 5.41) is 13.6. The van der Waals surface area contributed by atoms with Crippen LogP contribution in [0.1, 0.15) is 16.1 Å². The summed E-state index contributed by atoms with van der Waals surface area (Å²) >= 11 is 7.47. The highest BCUT2D eigenvalue weighted by Gasteiger charge is 2.16. The number of anilines is 1. The maximum Gasteiger partial charge on any atom is 0.339 e. The van der Waals surface area contributed by atoms with Gasteiger partial charge in [-0.15, -0.1) is 11.8 Å². The molecule has 5 nitrogen and oxygen atoms in total. The number of rotatable bonds is 4. The summed E-state index contributed by atoms with van der Waals surface area (Å²) < 4.78 is 1.55. The third-order valence-electron chi connectivity index (χ3n) is 2.64. The van der Waals surface area contributed by atoms with Crippen molar-refractivity contribution in [3.63, 3.8) is 0 Å². The van der Waals surface area contributed by atoms with Crippen LogP contribution < -0.4 is 5.73 Å². The Kier molecular flexibility index (Phi) is 4.01. The van der Waals surface area contributed by atoms with Crippen molar-refractivity contribution in [3.8, 4) is 0 Å². The number of aromatic carboxylic acids is 1. The van der Waals surface area contributed by atoms with Gasteiger partial charge in [-0.2, -0.15) is 5.10 Å². The summed E-state index contributed by atoms with van der Waals surface area (Å²) in [7, 11) is 1.71. The Morgan fingerprint density at radius 1 is 1.58 bits per heavy atom. The zero-order chi connectivity index (χ0) is 14.0. The minimum absolute atomic E-state index is 0.195. The van der Waals surface area contributed by atoms with E-state index in [-0.39, 0.29) is 5.56 Å². The van der Waals surface area contributed by atoms with Gasteiger partial charge in [-0.05, 0) is 12.1 Å². The number of carboxylic acid groups (broad SMARTS) is 1. The van der Waals surface area contributed by atoms with Gasteiger partial charge in [0.05, 0.1) is 16.9 Å². The Labute approximate surface area is 119 Å². The van der Waals surface area contributed by atoms with Crippen LogP contribution in [0.5, 0.6) is 0 Å². The van der Waals surface area contributed by atoms with E-state index < -0.39 is 5.97 Å². The van der Waals surface area contributed by atoms with E-state index in [2.05, 4.69) is 5.10 Å². The first kappa shape index (κ1) is 13.8. The summed E-state index contributed by atoms with van der Waals surface area (Å²) in [6, 6.07) is 5.28. The second kappa shape index (κ2) is 5.54. The van der Waals surface area contributed by atoms with Gasteiger partial charge in [0.15, 0.2) is 0 Å². The van der Waals surface area contributed by atoms with Gasteiger partial charge >= 0.3 is 5.97 Å². The Morgan fingerprint density at radius 2 is 2.32 bits per heavy atom. The predicted octanol–water partition coefficient (Wildman–Crippen LogP) is 2.65. The molecule has 0 saturated carbocycles. The molecular formula is C12H12ClN3O2S. The highest BCUT2D eigenvalue weighted by atomic mass is 35.5. The van der Waals surface area contributed by atoms with E-state index >= 15 is 0 Å². The highest BCUT2D eigenvalue weighted by molar-refractivity contribution is 7.98. The number of nitrogen functional groups attached to an aromatic ring is 1. The van der Waals surface area contributed by atoms with Crippen molar-refractivity contribution in [2.75, 3.05) is 5.73 Å². The molecule has 100 valence electrons. The zero-order valence-corrected chi connectivity index (χ0v) is 11.7. The predicted molar refractivity (Wildman–Crippen MR) is 75.6 cm³/mol. The fourth-order valence-corrected chi connectivity index (χ4v) is 3.04. The zero-order valence-electron chi connectivity index (χ0n) is 10.1. The normalized spacial score (nSPS) is 10.6. The van der Waals surface area contributed by atoms with Crippen molar-refractivity contribution < 1.29 is 9.90 Å². The molecule has 0 spiro atoms. The molecule has 0 aliphatic rings. The lowest BCUT2D eigenvalue weighted by Crippen LogP contribution is -2.03. The summed E-state index contributed by atoms with van der Waals surface area (Å²) in [5.41, 5.74) is 7.25. The van der Waals surface area contributed by atoms with Crippen molar-refractivity contribution in [1.29, 1.82) is 0 Å². The number of carboxylic acids is 1. The van der Waals surface area contributed by atoms with Crippen LogP contribution in [0, 0.1) is 0 Å². The van der Waals surface area contributed by atoms with E-state index in [1.54, 1.807) is 29.9 Å². The molecule has 0 amide bonds. The van der Waals surface area contributed by atoms with Crippen LogP contribution in [0.4, 0.5) is 5.69 Å². The van der Waals surface area contributed by atoms with Crippen LogP contribution in [0.25, 0.3) is 0 Å². The molecule has 1 aromatic heterocycles. The molecule has 0 aliphatic heterocycles. The average Bonchev–Trinajstić information content (AvgIpc) is 2.70. The number of carbonyl (C=O) groups is 1. The van der Waals surface area contributed by atoms with Crippen molar-refractivity contribution in [1.82, 2.24) is 9.78 Å². The topological polar surface area (TPSA) is 81.1 Å². The van der Waals surface area contributed by atoms with Crippen molar-refractivity contribution in [3.05, 3.63) is 40.7 Å². The average molecular weight is 298 g/mol. The fraction of sp³-hybridized carbons (Fsp3) is 0.167. The van der Waals surface area contributed by atoms with E-state index in [4.69, 9.17) is 22.4 Å². The van der Waals surface area contributed by atoms with E-state index in [1.807, 2.05) is 0 Å². The molecule has 0 bridgehead atoms. The largest absolute Gasteiger partial charge is 0.478 e. The lowest BCUT2D eigenvalue weighted by Gasteiger charge is -2.08. The number of nitrogens with two attached hydrogens (primary N) is 1. The second-order valence-corrected chi connectivity index (χ2v) is 5.27. The summed E-state index contributed by atoms with van der Waals surface area (Å²) in [4.78, 5) is 11.8. The second-order valence-electron chi connectivity index (χ2n) is 3.88. The van der Waals surface area contributed by atoms with Crippen LogP contribution in [0.2, 0.25) is 5.02 Å². The number of benzene rings is 1. The monoisotopic (exact) mass is 297 g/mol. The van der Waals surface area contributed by atoms with Gasteiger partial charge in [-0.3, -0.25) is 4.68 Å². The van der Waals surface area contributed by atoms with E-state index in [9.17, 15) is 4.79 Å². The molecule has 0 atom stereocenters. The molecule has 2 rings (SSSR count). The maximum atomic E-state index is 11.1. The van der Waals surface area contributed by atoms with Gasteiger partial charge in [0.2, 0.25) is 0 Å². The Morgan fingerprint density at radius 3 is 2.95 bits per heavy atom. The number of aryl methyl sites for hydroxylation is 1. The lowest BCUT2D eigenvalue weighted by molar-refractivity contribution is 0.0696. The van der Waals surface area contributed by atoms with Gasteiger partial charge in [0, 0.05) is 23.4 Å². The molecule has 0 radical (unpaired) electrons. The van der Waals surface area contributed by atoms with Crippen LogP contribution in [-0.2, 0) is 12.8 Å². The summed E-state index contributed by atoms with van der Waals surface area (Å²) in [6.45, 7) is 0. The first-order valence-corrected chi connectivity index (χ1v) is 6.78.